The van der Waals surface area contributed by atoms with E-state index in [4.69, 9.17) is 4.42 Å². The summed E-state index contributed by atoms with van der Waals surface area (Å²) in [5, 5.41) is 10.7. The van der Waals surface area contributed by atoms with Gasteiger partial charge >= 0.3 is 5.63 Å². The predicted octanol–water partition coefficient (Wildman–Crippen LogP) is 3.18. The fourth-order valence-corrected chi connectivity index (χ4v) is 3.16. The largest absolute Gasteiger partial charge is 0.508 e. The summed E-state index contributed by atoms with van der Waals surface area (Å²) >= 11 is 0. The highest BCUT2D eigenvalue weighted by atomic mass is 16.4. The molecule has 4 nitrogen and oxygen atoms in total. The molecule has 1 atom stereocenters. The first-order chi connectivity index (χ1) is 10.1. The second-order valence-electron chi connectivity index (χ2n) is 5.99. The Kier molecular flexibility index (Phi) is 3.72. The highest BCUT2D eigenvalue weighted by molar-refractivity contribution is 5.84. The molecule has 2 heterocycles. The van der Waals surface area contributed by atoms with E-state index < -0.39 is 0 Å². The molecule has 1 N–H and O–H groups in total. The third-order valence-electron chi connectivity index (χ3n) is 4.53. The van der Waals surface area contributed by atoms with Crippen molar-refractivity contribution in [3.63, 3.8) is 0 Å². The highest BCUT2D eigenvalue weighted by Crippen LogP contribution is 2.29. The van der Waals surface area contributed by atoms with Crippen LogP contribution in [0, 0.1) is 6.92 Å². The van der Waals surface area contributed by atoms with Crippen LogP contribution in [0.25, 0.3) is 11.0 Å². The maximum absolute atomic E-state index is 11.8. The number of likely N-dealkylation sites (tertiary alicyclic amines) is 1. The summed E-state index contributed by atoms with van der Waals surface area (Å²) in [6.07, 6.45) is 3.70. The van der Waals surface area contributed by atoms with Gasteiger partial charge in [-0.15, -0.1) is 0 Å². The lowest BCUT2D eigenvalue weighted by Crippen LogP contribution is -2.36. The van der Waals surface area contributed by atoms with Gasteiger partial charge in [0.25, 0.3) is 0 Å². The van der Waals surface area contributed by atoms with Crippen molar-refractivity contribution in [1.29, 1.82) is 0 Å². The molecule has 0 aliphatic carbocycles. The standard InChI is InChI=1S/C17H21NO3/c1-11-5-3-4-8-18(11)10-13-9-16(20)21-17-12(2)15(19)7-6-14(13)17/h6-7,9,11,19H,3-5,8,10H2,1-2H3. The van der Waals surface area contributed by atoms with E-state index in [1.165, 1.54) is 19.3 Å². The molecule has 112 valence electrons. The molecule has 1 saturated heterocycles. The lowest BCUT2D eigenvalue weighted by atomic mass is 10.0. The van der Waals surface area contributed by atoms with Crippen molar-refractivity contribution in [1.82, 2.24) is 4.90 Å². The van der Waals surface area contributed by atoms with Gasteiger partial charge in [-0.2, -0.15) is 0 Å². The van der Waals surface area contributed by atoms with Gasteiger partial charge in [-0.25, -0.2) is 4.79 Å². The third kappa shape index (κ3) is 2.68. The summed E-state index contributed by atoms with van der Waals surface area (Å²) in [5.41, 5.74) is 1.76. The molecule has 0 bridgehead atoms. The molecule has 21 heavy (non-hydrogen) atoms. The molecule has 1 fully saturated rings. The summed E-state index contributed by atoms with van der Waals surface area (Å²) in [6.45, 7) is 5.84. The van der Waals surface area contributed by atoms with Crippen LogP contribution in [0.1, 0.15) is 37.3 Å². The van der Waals surface area contributed by atoms with Gasteiger partial charge < -0.3 is 9.52 Å². The van der Waals surface area contributed by atoms with Gasteiger partial charge in [0.15, 0.2) is 0 Å². The van der Waals surface area contributed by atoms with E-state index in [1.54, 1.807) is 19.1 Å². The molecule has 4 heteroatoms. The maximum Gasteiger partial charge on any atom is 0.336 e. The van der Waals surface area contributed by atoms with E-state index in [1.807, 2.05) is 6.07 Å². The minimum atomic E-state index is -0.351. The van der Waals surface area contributed by atoms with E-state index in [-0.39, 0.29) is 11.4 Å². The SMILES string of the molecule is Cc1c(O)ccc2c(CN3CCCCC3C)cc(=O)oc12. The van der Waals surface area contributed by atoms with Gasteiger partial charge in [0.1, 0.15) is 11.3 Å². The van der Waals surface area contributed by atoms with Gasteiger partial charge in [0.05, 0.1) is 0 Å². The zero-order valence-corrected chi connectivity index (χ0v) is 12.6. The Hall–Kier alpha value is -1.81. The smallest absolute Gasteiger partial charge is 0.336 e. The summed E-state index contributed by atoms with van der Waals surface area (Å²) in [5.74, 6) is 0.161. The Morgan fingerprint density at radius 3 is 2.95 bits per heavy atom. The molecule has 1 aromatic carbocycles. The van der Waals surface area contributed by atoms with Gasteiger partial charge in [0, 0.05) is 29.6 Å². The Balaban J connectivity index is 2.05. The lowest BCUT2D eigenvalue weighted by Gasteiger charge is -2.33. The van der Waals surface area contributed by atoms with Crippen LogP contribution in [-0.4, -0.2) is 22.6 Å². The number of piperidine rings is 1. The number of hydrogen-bond donors (Lipinski definition) is 1. The number of fused-ring (bicyclic) bond motifs is 1. The second kappa shape index (κ2) is 5.53. The first-order valence-electron chi connectivity index (χ1n) is 7.55. The number of benzene rings is 1. The predicted molar refractivity (Wildman–Crippen MR) is 82.6 cm³/mol. The molecule has 1 aliphatic heterocycles. The Labute approximate surface area is 124 Å². The number of aryl methyl sites for hydroxylation is 1. The first-order valence-corrected chi connectivity index (χ1v) is 7.55. The van der Waals surface area contributed by atoms with E-state index in [9.17, 15) is 9.90 Å². The minimum Gasteiger partial charge on any atom is -0.508 e. The van der Waals surface area contributed by atoms with Crippen LogP contribution in [0.5, 0.6) is 5.75 Å². The van der Waals surface area contributed by atoms with Crippen LogP contribution in [0.3, 0.4) is 0 Å². The molecular formula is C17H21NO3. The normalized spacial score (nSPS) is 20.0. The summed E-state index contributed by atoms with van der Waals surface area (Å²) in [7, 11) is 0. The summed E-state index contributed by atoms with van der Waals surface area (Å²) in [6, 6.07) is 5.63. The van der Waals surface area contributed by atoms with Gasteiger partial charge in [-0.05, 0) is 50.9 Å². The van der Waals surface area contributed by atoms with Crippen LogP contribution in [0.4, 0.5) is 0 Å². The molecule has 0 spiro atoms. The molecule has 2 aromatic rings. The van der Waals surface area contributed by atoms with Crippen LogP contribution in [-0.2, 0) is 6.54 Å². The molecule has 0 amide bonds. The van der Waals surface area contributed by atoms with Crippen LogP contribution >= 0.6 is 0 Å². The van der Waals surface area contributed by atoms with Gasteiger partial charge in [-0.3, -0.25) is 4.90 Å². The summed E-state index contributed by atoms with van der Waals surface area (Å²) in [4.78, 5) is 14.2. The van der Waals surface area contributed by atoms with Crippen molar-refractivity contribution in [3.8, 4) is 5.75 Å². The second-order valence-corrected chi connectivity index (χ2v) is 5.99. The highest BCUT2D eigenvalue weighted by Gasteiger charge is 2.20. The number of rotatable bonds is 2. The van der Waals surface area contributed by atoms with E-state index in [2.05, 4.69) is 11.8 Å². The van der Waals surface area contributed by atoms with E-state index in [0.717, 1.165) is 24.0 Å². The van der Waals surface area contributed by atoms with Gasteiger partial charge in [0.2, 0.25) is 0 Å². The minimum absolute atomic E-state index is 0.161. The number of phenols is 1. The van der Waals surface area contributed by atoms with Crippen LogP contribution in [0.2, 0.25) is 0 Å². The fraction of sp³-hybridized carbons (Fsp3) is 0.471. The van der Waals surface area contributed by atoms with Crippen molar-refractivity contribution in [3.05, 3.63) is 39.7 Å². The molecule has 3 rings (SSSR count). The maximum atomic E-state index is 11.8. The third-order valence-corrected chi connectivity index (χ3v) is 4.53. The molecule has 0 saturated carbocycles. The molecule has 0 radical (unpaired) electrons. The Bertz CT molecular complexity index is 720. The number of aromatic hydroxyl groups is 1. The van der Waals surface area contributed by atoms with Crippen molar-refractivity contribution >= 4 is 11.0 Å². The molecule has 1 aliphatic rings. The topological polar surface area (TPSA) is 53.7 Å². The van der Waals surface area contributed by atoms with E-state index >= 15 is 0 Å². The zero-order valence-electron chi connectivity index (χ0n) is 12.6. The monoisotopic (exact) mass is 287 g/mol. The van der Waals surface area contributed by atoms with Crippen LogP contribution < -0.4 is 5.63 Å². The Morgan fingerprint density at radius 2 is 2.19 bits per heavy atom. The number of phenolic OH excluding ortho intramolecular Hbond substituents is 1. The lowest BCUT2D eigenvalue weighted by molar-refractivity contribution is 0.153. The van der Waals surface area contributed by atoms with Crippen molar-refractivity contribution in [2.45, 2.75) is 45.7 Å². The molecule has 1 aromatic heterocycles. The number of hydrogen-bond acceptors (Lipinski definition) is 4. The van der Waals surface area contributed by atoms with Crippen LogP contribution in [0.15, 0.2) is 27.4 Å². The fourth-order valence-electron chi connectivity index (χ4n) is 3.16. The summed E-state index contributed by atoms with van der Waals surface area (Å²) < 4.78 is 5.30. The van der Waals surface area contributed by atoms with Crippen molar-refractivity contribution < 1.29 is 9.52 Å². The Morgan fingerprint density at radius 1 is 1.38 bits per heavy atom. The zero-order chi connectivity index (χ0) is 15.0. The molecule has 1 unspecified atom stereocenters. The average molecular weight is 287 g/mol. The first kappa shape index (κ1) is 14.1. The average Bonchev–Trinajstić information content (AvgIpc) is 2.46. The molecular weight excluding hydrogens is 266 g/mol. The quantitative estimate of drug-likeness (QED) is 0.862. The van der Waals surface area contributed by atoms with E-state index in [0.29, 0.717) is 17.2 Å². The van der Waals surface area contributed by atoms with Gasteiger partial charge in [-0.1, -0.05) is 6.42 Å². The van der Waals surface area contributed by atoms with Crippen molar-refractivity contribution in [2.24, 2.45) is 0 Å². The number of nitrogens with zero attached hydrogens (tertiary/aromatic N) is 1. The van der Waals surface area contributed by atoms with Crippen molar-refractivity contribution in [2.75, 3.05) is 6.54 Å².